The van der Waals surface area contributed by atoms with Gasteiger partial charge >= 0.3 is 11.9 Å². The number of pyridine rings is 4. The van der Waals surface area contributed by atoms with Gasteiger partial charge in [0.05, 0.1) is 45.1 Å². The van der Waals surface area contributed by atoms with Crippen LogP contribution < -0.4 is 29.6 Å². The summed E-state index contributed by atoms with van der Waals surface area (Å²) in [5.41, 5.74) is 8.96. The first-order valence-electron chi connectivity index (χ1n) is 21.7. The summed E-state index contributed by atoms with van der Waals surface area (Å²) in [6, 6.07) is 22.9. The van der Waals surface area contributed by atoms with Crippen LogP contribution in [-0.2, 0) is 49.1 Å². The molecule has 0 unspecified atom stereocenters. The quantitative estimate of drug-likeness (QED) is 0.0337. The van der Waals surface area contributed by atoms with Crippen molar-refractivity contribution in [1.82, 2.24) is 30.6 Å². The zero-order chi connectivity index (χ0) is 50.2. The molecule has 0 aliphatic rings. The number of rotatable bonds is 25. The number of halogens is 2. The number of benzene rings is 2. The van der Waals surface area contributed by atoms with Crippen LogP contribution in [0, 0.1) is 36.5 Å². The number of carboxylic acids is 2. The fourth-order valence-electron chi connectivity index (χ4n) is 7.10. The summed E-state index contributed by atoms with van der Waals surface area (Å²) in [6.45, 7) is 4.86. The number of aliphatic hydroxyl groups is 2. The minimum atomic E-state index is -1.11. The van der Waals surface area contributed by atoms with Crippen LogP contribution in [0.25, 0.3) is 11.1 Å². The number of ether oxygens (including phenoxy) is 4. The number of carboxylic acid groups (broad SMARTS) is 2. The van der Waals surface area contributed by atoms with E-state index >= 15 is 0 Å². The average molecular weight is 1080 g/mol. The van der Waals surface area contributed by atoms with Crippen LogP contribution in [0.15, 0.2) is 94.4 Å². The molecule has 4 heterocycles. The summed E-state index contributed by atoms with van der Waals surface area (Å²) >= 11 is 7.17. The van der Waals surface area contributed by atoms with Gasteiger partial charge in [0.25, 0.3) is 0 Å². The van der Waals surface area contributed by atoms with Gasteiger partial charge in [-0.2, -0.15) is 20.5 Å². The Morgan fingerprint density at radius 1 is 0.600 bits per heavy atom. The van der Waals surface area contributed by atoms with E-state index in [0.717, 1.165) is 33.4 Å². The van der Waals surface area contributed by atoms with Crippen molar-refractivity contribution in [3.8, 4) is 46.8 Å². The maximum atomic E-state index is 11.1. The van der Waals surface area contributed by atoms with Gasteiger partial charge in [-0.1, -0.05) is 36.4 Å². The van der Waals surface area contributed by atoms with Crippen molar-refractivity contribution in [3.63, 3.8) is 0 Å². The molecule has 0 saturated carbocycles. The van der Waals surface area contributed by atoms with Crippen molar-refractivity contribution in [2.24, 2.45) is 0 Å². The SMILES string of the molecule is Cc1c(COc2nc(OCc3cncc(C#N)c3)c(CNC[C@@H](O)CC(=O)O)cc2Br)cccc1-c1cccc(COc2nc(OCc3cncc(C#N)c3)c(CNC[C@@H](O)CC(=O)O)cc2Br)c1C. The molecule has 18 nitrogen and oxygen atoms in total. The smallest absolute Gasteiger partial charge is 0.306 e. The van der Waals surface area contributed by atoms with Gasteiger partial charge in [0, 0.05) is 73.2 Å². The van der Waals surface area contributed by atoms with Gasteiger partial charge in [0.2, 0.25) is 23.5 Å². The summed E-state index contributed by atoms with van der Waals surface area (Å²) in [6.07, 6.45) is 3.06. The molecule has 6 rings (SSSR count). The number of nitriles is 2. The van der Waals surface area contributed by atoms with E-state index in [1.807, 2.05) is 50.2 Å². The van der Waals surface area contributed by atoms with Crippen LogP contribution >= 0.6 is 31.9 Å². The number of hydrogen-bond donors (Lipinski definition) is 6. The molecular formula is C50H48Br2N8O10. The van der Waals surface area contributed by atoms with Gasteiger partial charge in [-0.05, 0) is 103 Å². The monoisotopic (exact) mass is 1080 g/mol. The highest BCUT2D eigenvalue weighted by molar-refractivity contribution is 9.10. The predicted molar refractivity (Wildman–Crippen MR) is 260 cm³/mol. The summed E-state index contributed by atoms with van der Waals surface area (Å²) in [7, 11) is 0. The Morgan fingerprint density at radius 2 is 1.00 bits per heavy atom. The molecule has 362 valence electrons. The third-order valence-corrected chi connectivity index (χ3v) is 11.8. The number of aliphatic carboxylic acids is 2. The maximum Gasteiger partial charge on any atom is 0.306 e. The number of carbonyl (C=O) groups is 2. The highest BCUT2D eigenvalue weighted by Crippen LogP contribution is 2.35. The Bertz CT molecular complexity index is 2720. The van der Waals surface area contributed by atoms with Gasteiger partial charge in [0.1, 0.15) is 38.6 Å². The van der Waals surface area contributed by atoms with Crippen LogP contribution in [-0.4, -0.2) is 77.6 Å². The van der Waals surface area contributed by atoms with Crippen LogP contribution in [0.1, 0.15) is 68.5 Å². The summed E-state index contributed by atoms with van der Waals surface area (Å²) < 4.78 is 26.0. The van der Waals surface area contributed by atoms with E-state index in [1.165, 1.54) is 12.4 Å². The molecule has 0 aliphatic carbocycles. The van der Waals surface area contributed by atoms with E-state index in [0.29, 0.717) is 42.3 Å². The van der Waals surface area contributed by atoms with Gasteiger partial charge < -0.3 is 50.0 Å². The third-order valence-electron chi connectivity index (χ3n) is 10.7. The second kappa shape index (κ2) is 25.5. The number of nitrogens with one attached hydrogen (secondary N) is 2. The molecule has 2 aromatic carbocycles. The molecule has 0 fully saturated rings. The average Bonchev–Trinajstić information content (AvgIpc) is 3.33. The molecule has 0 spiro atoms. The summed E-state index contributed by atoms with van der Waals surface area (Å²) in [5.74, 6) is -1.26. The second-order valence-electron chi connectivity index (χ2n) is 16.0. The molecule has 2 atom stereocenters. The summed E-state index contributed by atoms with van der Waals surface area (Å²) in [4.78, 5) is 39.7. The first kappa shape index (κ1) is 52.3. The highest BCUT2D eigenvalue weighted by Gasteiger charge is 2.19. The lowest BCUT2D eigenvalue weighted by molar-refractivity contribution is -0.140. The van der Waals surface area contributed by atoms with Crippen molar-refractivity contribution < 1.29 is 49.0 Å². The highest BCUT2D eigenvalue weighted by atomic mass is 79.9. The van der Waals surface area contributed by atoms with Crippen LogP contribution in [0.4, 0.5) is 0 Å². The van der Waals surface area contributed by atoms with Crippen LogP contribution in [0.3, 0.4) is 0 Å². The number of hydrogen-bond acceptors (Lipinski definition) is 16. The van der Waals surface area contributed by atoms with Gasteiger partial charge in [-0.15, -0.1) is 0 Å². The molecule has 0 bridgehead atoms. The van der Waals surface area contributed by atoms with Crippen molar-refractivity contribution in [1.29, 1.82) is 10.5 Å². The van der Waals surface area contributed by atoms with E-state index in [1.54, 1.807) is 36.7 Å². The molecule has 0 radical (unpaired) electrons. The van der Waals surface area contributed by atoms with Gasteiger partial charge in [0.15, 0.2) is 0 Å². The fraction of sp³-hybridized carbons (Fsp3) is 0.280. The van der Waals surface area contributed by atoms with Crippen molar-refractivity contribution in [3.05, 3.63) is 150 Å². The van der Waals surface area contributed by atoms with Crippen LogP contribution in [0.2, 0.25) is 0 Å². The number of aromatic nitrogens is 4. The number of nitrogens with zero attached hydrogens (tertiary/aromatic N) is 6. The first-order chi connectivity index (χ1) is 33.7. The van der Waals surface area contributed by atoms with E-state index in [4.69, 9.17) is 39.1 Å². The standard InChI is InChI=1S/C50H48Br2N8O10/c1-29-35(27-69-49-43(51)11-37(21-57-23-39(61)13-45(63)64)47(59-49)67-25-33-9-31(15-53)17-55-19-33)5-3-7-41(29)42-8-4-6-36(30(42)2)28-70-50-44(52)12-38(22-58-24-40(62)14-46(65)66)48(60-50)68-26-34-10-32(16-54)18-56-20-34/h3-12,17-20,39-40,57-58,61-62H,13-14,21-28H2,1-2H3,(H,63,64)(H,65,66)/t39-,40-/m0/s1. The maximum absolute atomic E-state index is 11.1. The molecule has 6 N–H and O–H groups in total. The molecular weight excluding hydrogens is 1030 g/mol. The lowest BCUT2D eigenvalue weighted by Crippen LogP contribution is -2.28. The molecule has 20 heteroatoms. The second-order valence-corrected chi connectivity index (χ2v) is 17.7. The minimum Gasteiger partial charge on any atom is -0.481 e. The Labute approximate surface area is 420 Å². The molecule has 0 aliphatic heterocycles. The fourth-order valence-corrected chi connectivity index (χ4v) is 8.06. The molecule has 0 saturated heterocycles. The largest absolute Gasteiger partial charge is 0.481 e. The van der Waals surface area contributed by atoms with Crippen molar-refractivity contribution in [2.75, 3.05) is 13.1 Å². The van der Waals surface area contributed by atoms with Gasteiger partial charge in [-0.25, -0.2) is 0 Å². The Kier molecular flexibility index (Phi) is 19.1. The van der Waals surface area contributed by atoms with E-state index in [2.05, 4.69) is 64.6 Å². The van der Waals surface area contributed by atoms with Crippen LogP contribution in [0.5, 0.6) is 23.5 Å². The van der Waals surface area contributed by atoms with E-state index in [-0.39, 0.29) is 76.1 Å². The molecule has 4 aromatic heterocycles. The topological polar surface area (TPSA) is 275 Å². The first-order valence-corrected chi connectivity index (χ1v) is 23.3. The minimum absolute atomic E-state index is 0.0210. The van der Waals surface area contributed by atoms with Crippen molar-refractivity contribution >= 4 is 43.8 Å². The molecule has 70 heavy (non-hydrogen) atoms. The predicted octanol–water partition coefficient (Wildman–Crippen LogP) is 6.99. The molecule has 0 amide bonds. The Balaban J connectivity index is 1.18. The van der Waals surface area contributed by atoms with E-state index in [9.17, 15) is 30.3 Å². The normalized spacial score (nSPS) is 11.8. The van der Waals surface area contributed by atoms with Crippen molar-refractivity contribution in [2.45, 2.75) is 78.4 Å². The zero-order valence-corrected chi connectivity index (χ0v) is 41.2. The lowest BCUT2D eigenvalue weighted by atomic mass is 9.92. The third kappa shape index (κ3) is 15.0. The Morgan fingerprint density at radius 3 is 1.39 bits per heavy atom. The van der Waals surface area contributed by atoms with E-state index < -0.39 is 37.0 Å². The Hall–Kier alpha value is -7.04. The molecule has 6 aromatic rings. The number of aliphatic hydroxyl groups excluding tert-OH is 2. The lowest BCUT2D eigenvalue weighted by Gasteiger charge is -2.18. The van der Waals surface area contributed by atoms with Gasteiger partial charge in [-0.3, -0.25) is 19.6 Å². The summed E-state index contributed by atoms with van der Waals surface area (Å²) in [5, 5.41) is 63.1. The zero-order valence-electron chi connectivity index (χ0n) is 38.0.